The highest BCUT2D eigenvalue weighted by molar-refractivity contribution is 7.13. The Labute approximate surface area is 106 Å². The van der Waals surface area contributed by atoms with Crippen molar-refractivity contribution >= 4 is 28.8 Å². The normalized spacial score (nSPS) is 12.4. The van der Waals surface area contributed by atoms with Gasteiger partial charge in [-0.3, -0.25) is 4.79 Å². The van der Waals surface area contributed by atoms with Crippen molar-refractivity contribution in [2.45, 2.75) is 19.9 Å². The average Bonchev–Trinajstić information content (AvgIpc) is 2.90. The van der Waals surface area contributed by atoms with E-state index >= 15 is 0 Å². The number of aromatic nitrogens is 4. The number of thiophene rings is 1. The van der Waals surface area contributed by atoms with Crippen LogP contribution in [-0.4, -0.2) is 26.5 Å². The van der Waals surface area contributed by atoms with Gasteiger partial charge in [-0.2, -0.15) is 5.21 Å². The summed E-state index contributed by atoms with van der Waals surface area (Å²) >= 11 is 7.33. The van der Waals surface area contributed by atoms with Gasteiger partial charge in [-0.05, 0) is 24.8 Å². The van der Waals surface area contributed by atoms with Crippen LogP contribution >= 0.6 is 22.9 Å². The summed E-state index contributed by atoms with van der Waals surface area (Å²) in [6.45, 7) is 3.63. The molecule has 2 rings (SSSR count). The van der Waals surface area contributed by atoms with Crippen molar-refractivity contribution < 1.29 is 4.79 Å². The highest BCUT2D eigenvalue weighted by Gasteiger charge is 2.18. The monoisotopic (exact) mass is 271 g/mol. The molecule has 0 fully saturated rings. The number of hydrogen-bond acceptors (Lipinski definition) is 5. The number of rotatable bonds is 3. The van der Waals surface area contributed by atoms with Crippen LogP contribution in [-0.2, 0) is 0 Å². The first kappa shape index (κ1) is 12.0. The van der Waals surface area contributed by atoms with Crippen molar-refractivity contribution in [1.29, 1.82) is 0 Å². The molecule has 17 heavy (non-hydrogen) atoms. The number of halogens is 1. The fraction of sp³-hybridized carbons (Fsp3) is 0.333. The lowest BCUT2D eigenvalue weighted by Gasteiger charge is -2.08. The van der Waals surface area contributed by atoms with Crippen LogP contribution in [0.5, 0.6) is 0 Å². The topological polar surface area (TPSA) is 83.6 Å². The second-order valence-electron chi connectivity index (χ2n) is 3.53. The molecule has 0 saturated heterocycles. The van der Waals surface area contributed by atoms with Crippen LogP contribution < -0.4 is 5.32 Å². The summed E-state index contributed by atoms with van der Waals surface area (Å²) in [7, 11) is 0. The zero-order chi connectivity index (χ0) is 12.4. The highest BCUT2D eigenvalue weighted by Crippen LogP contribution is 2.27. The Hall–Kier alpha value is -1.47. The lowest BCUT2D eigenvalue weighted by Crippen LogP contribution is -2.27. The van der Waals surface area contributed by atoms with Crippen LogP contribution in [0.15, 0.2) is 5.38 Å². The standard InChI is InChI=1S/C9H10ClN5OS/c1-4-3-17-7(6(4)10)9(16)11-5(2)8-12-14-15-13-8/h3,5H,1-2H3,(H,11,16)(H,12,13,14,15). The first-order valence-corrected chi connectivity index (χ1v) is 6.13. The Morgan fingerprint density at radius 3 is 2.94 bits per heavy atom. The molecule has 1 amide bonds. The fourth-order valence-electron chi connectivity index (χ4n) is 1.26. The van der Waals surface area contributed by atoms with E-state index in [1.165, 1.54) is 11.3 Å². The Morgan fingerprint density at radius 1 is 1.65 bits per heavy atom. The second kappa shape index (κ2) is 4.80. The molecule has 8 heteroatoms. The lowest BCUT2D eigenvalue weighted by atomic mass is 10.3. The van der Waals surface area contributed by atoms with Crippen LogP contribution in [0.25, 0.3) is 0 Å². The van der Waals surface area contributed by atoms with Gasteiger partial charge < -0.3 is 5.32 Å². The van der Waals surface area contributed by atoms with Gasteiger partial charge in [0.1, 0.15) is 4.88 Å². The Kier molecular flexibility index (Phi) is 3.39. The molecule has 2 aromatic heterocycles. The van der Waals surface area contributed by atoms with Crippen molar-refractivity contribution in [1.82, 2.24) is 25.9 Å². The summed E-state index contributed by atoms with van der Waals surface area (Å²) in [6.07, 6.45) is 0. The number of nitrogens with one attached hydrogen (secondary N) is 2. The molecule has 6 nitrogen and oxygen atoms in total. The smallest absolute Gasteiger partial charge is 0.263 e. The van der Waals surface area contributed by atoms with Crippen LogP contribution in [0.4, 0.5) is 0 Å². The highest BCUT2D eigenvalue weighted by atomic mass is 35.5. The number of H-pyrrole nitrogens is 1. The zero-order valence-corrected chi connectivity index (χ0v) is 10.8. The number of carbonyl (C=O) groups is 1. The van der Waals surface area contributed by atoms with E-state index in [0.29, 0.717) is 15.7 Å². The molecule has 0 saturated carbocycles. The molecule has 2 aromatic rings. The van der Waals surface area contributed by atoms with Gasteiger partial charge in [0.05, 0.1) is 11.1 Å². The second-order valence-corrected chi connectivity index (χ2v) is 4.78. The van der Waals surface area contributed by atoms with Gasteiger partial charge in [0.25, 0.3) is 5.91 Å². The molecule has 1 atom stereocenters. The number of amides is 1. The molecule has 0 spiro atoms. The molecule has 0 aliphatic carbocycles. The lowest BCUT2D eigenvalue weighted by molar-refractivity contribution is 0.0942. The Bertz CT molecular complexity index is 523. The van der Waals surface area contributed by atoms with E-state index in [-0.39, 0.29) is 11.9 Å². The number of hydrogen-bond donors (Lipinski definition) is 2. The first-order chi connectivity index (χ1) is 8.09. The zero-order valence-electron chi connectivity index (χ0n) is 9.19. The summed E-state index contributed by atoms with van der Waals surface area (Å²) in [4.78, 5) is 12.4. The summed E-state index contributed by atoms with van der Waals surface area (Å²) in [5.74, 6) is 0.202. The van der Waals surface area contributed by atoms with E-state index in [0.717, 1.165) is 5.56 Å². The van der Waals surface area contributed by atoms with Crippen molar-refractivity contribution in [3.05, 3.63) is 26.7 Å². The molecule has 0 bridgehead atoms. The maximum absolute atomic E-state index is 11.9. The molecule has 2 N–H and O–H groups in total. The largest absolute Gasteiger partial charge is 0.341 e. The van der Waals surface area contributed by atoms with Gasteiger partial charge in [-0.25, -0.2) is 0 Å². The minimum Gasteiger partial charge on any atom is -0.341 e. The molecule has 90 valence electrons. The number of aromatic amines is 1. The minimum absolute atomic E-state index is 0.231. The number of nitrogens with zero attached hydrogens (tertiary/aromatic N) is 3. The third-order valence-corrected chi connectivity index (χ3v) is 3.90. The summed E-state index contributed by atoms with van der Waals surface area (Å²) in [5.41, 5.74) is 0.897. The van der Waals surface area contributed by atoms with Crippen LogP contribution in [0.3, 0.4) is 0 Å². The van der Waals surface area contributed by atoms with Gasteiger partial charge in [0, 0.05) is 0 Å². The maximum atomic E-state index is 11.9. The quantitative estimate of drug-likeness (QED) is 0.890. The molecular weight excluding hydrogens is 262 g/mol. The minimum atomic E-state index is -0.320. The number of carbonyl (C=O) groups excluding carboxylic acids is 1. The van der Waals surface area contributed by atoms with Crippen LogP contribution in [0.1, 0.15) is 34.0 Å². The number of tetrazole rings is 1. The third kappa shape index (κ3) is 2.45. The van der Waals surface area contributed by atoms with Crippen molar-refractivity contribution in [2.24, 2.45) is 0 Å². The van der Waals surface area contributed by atoms with Gasteiger partial charge >= 0.3 is 0 Å². The predicted molar refractivity (Wildman–Crippen MR) is 64.1 cm³/mol. The van der Waals surface area contributed by atoms with E-state index in [2.05, 4.69) is 25.9 Å². The van der Waals surface area contributed by atoms with E-state index in [9.17, 15) is 4.79 Å². The SMILES string of the molecule is Cc1csc(C(=O)NC(C)c2nn[nH]n2)c1Cl. The first-order valence-electron chi connectivity index (χ1n) is 4.87. The fourth-order valence-corrected chi connectivity index (χ4v) is 2.44. The van der Waals surface area contributed by atoms with E-state index in [1.54, 1.807) is 6.92 Å². The Morgan fingerprint density at radius 2 is 2.41 bits per heavy atom. The predicted octanol–water partition coefficient (Wildman–Crippen LogP) is 1.71. The van der Waals surface area contributed by atoms with E-state index in [1.807, 2.05) is 12.3 Å². The third-order valence-electron chi connectivity index (χ3n) is 2.20. The molecule has 1 unspecified atom stereocenters. The average molecular weight is 272 g/mol. The molecule has 0 radical (unpaired) electrons. The van der Waals surface area contributed by atoms with Gasteiger partial charge in [0.15, 0.2) is 5.82 Å². The van der Waals surface area contributed by atoms with Crippen molar-refractivity contribution in [2.75, 3.05) is 0 Å². The van der Waals surface area contributed by atoms with Gasteiger partial charge in [-0.1, -0.05) is 16.8 Å². The molecular formula is C9H10ClN5OS. The molecule has 2 heterocycles. The van der Waals surface area contributed by atoms with Crippen LogP contribution in [0.2, 0.25) is 5.02 Å². The van der Waals surface area contributed by atoms with Gasteiger partial charge in [0.2, 0.25) is 0 Å². The van der Waals surface area contributed by atoms with Crippen LogP contribution in [0, 0.1) is 6.92 Å². The van der Waals surface area contributed by atoms with Crippen molar-refractivity contribution in [3.63, 3.8) is 0 Å². The maximum Gasteiger partial charge on any atom is 0.263 e. The summed E-state index contributed by atoms with van der Waals surface area (Å²) in [6, 6.07) is -0.320. The van der Waals surface area contributed by atoms with E-state index < -0.39 is 0 Å². The van der Waals surface area contributed by atoms with Crippen molar-refractivity contribution in [3.8, 4) is 0 Å². The Balaban J connectivity index is 2.10. The molecule has 0 aliphatic rings. The molecule has 0 aromatic carbocycles. The summed E-state index contributed by atoms with van der Waals surface area (Å²) in [5, 5.41) is 18.5. The number of aryl methyl sites for hydroxylation is 1. The summed E-state index contributed by atoms with van der Waals surface area (Å²) < 4.78 is 0. The van der Waals surface area contributed by atoms with E-state index in [4.69, 9.17) is 11.6 Å². The molecule has 0 aliphatic heterocycles. The van der Waals surface area contributed by atoms with Gasteiger partial charge in [-0.15, -0.1) is 21.5 Å².